The zero-order valence-electron chi connectivity index (χ0n) is 8.98. The molecule has 0 saturated carbocycles. The largest absolute Gasteiger partial charge is 0.346 e. The molecule has 0 unspecified atom stereocenters. The lowest BCUT2D eigenvalue weighted by Crippen LogP contribution is -2.16. The smallest absolute Gasteiger partial charge is 0.228 e. The highest BCUT2D eigenvalue weighted by molar-refractivity contribution is 7.45. The summed E-state index contributed by atoms with van der Waals surface area (Å²) in [6, 6.07) is -0.830. The molecule has 0 aromatic heterocycles. The number of hydrogen-bond acceptors (Lipinski definition) is 4. The SMILES string of the molecule is CCCCOC(OCCCC)P(O)O. The normalized spacial score (nSPS) is 11.6. The molecule has 14 heavy (non-hydrogen) atoms. The Morgan fingerprint density at radius 1 is 1.00 bits per heavy atom. The van der Waals surface area contributed by atoms with Crippen molar-refractivity contribution in [3.8, 4) is 0 Å². The lowest BCUT2D eigenvalue weighted by Gasteiger charge is -2.18. The average molecular weight is 224 g/mol. The Morgan fingerprint density at radius 3 is 1.71 bits per heavy atom. The molecular formula is C9H21O4P. The summed E-state index contributed by atoms with van der Waals surface area (Å²) in [7, 11) is -2.14. The molecule has 4 nitrogen and oxygen atoms in total. The molecule has 0 heterocycles. The van der Waals surface area contributed by atoms with E-state index in [1.165, 1.54) is 0 Å². The maximum absolute atomic E-state index is 8.98. The second-order valence-electron chi connectivity index (χ2n) is 3.08. The van der Waals surface area contributed by atoms with Crippen LogP contribution in [0.2, 0.25) is 0 Å². The van der Waals surface area contributed by atoms with Gasteiger partial charge in [0.15, 0.2) is 0 Å². The van der Waals surface area contributed by atoms with Crippen LogP contribution in [0.5, 0.6) is 0 Å². The van der Waals surface area contributed by atoms with Gasteiger partial charge in [0.25, 0.3) is 0 Å². The predicted octanol–water partition coefficient (Wildman–Crippen LogP) is 2.20. The average Bonchev–Trinajstić information content (AvgIpc) is 2.15. The van der Waals surface area contributed by atoms with Crippen LogP contribution < -0.4 is 0 Å². The van der Waals surface area contributed by atoms with Crippen molar-refractivity contribution in [2.75, 3.05) is 13.2 Å². The summed E-state index contributed by atoms with van der Waals surface area (Å²) < 4.78 is 10.4. The van der Waals surface area contributed by atoms with Gasteiger partial charge < -0.3 is 19.3 Å². The van der Waals surface area contributed by atoms with E-state index >= 15 is 0 Å². The molecule has 0 aliphatic heterocycles. The molecule has 0 atom stereocenters. The van der Waals surface area contributed by atoms with Gasteiger partial charge in [0.2, 0.25) is 14.4 Å². The number of hydrogen-bond donors (Lipinski definition) is 2. The molecule has 0 aliphatic carbocycles. The van der Waals surface area contributed by atoms with Crippen molar-refractivity contribution in [1.82, 2.24) is 0 Å². The minimum absolute atomic E-state index is 0.521. The fraction of sp³-hybridized carbons (Fsp3) is 1.00. The summed E-state index contributed by atoms with van der Waals surface area (Å²) in [5.74, 6) is 0. The van der Waals surface area contributed by atoms with Crippen LogP contribution in [-0.2, 0) is 9.47 Å². The van der Waals surface area contributed by atoms with Gasteiger partial charge in [-0.15, -0.1) is 0 Å². The van der Waals surface area contributed by atoms with Crippen LogP contribution in [0.25, 0.3) is 0 Å². The van der Waals surface area contributed by atoms with Crippen molar-refractivity contribution in [1.29, 1.82) is 0 Å². The predicted molar refractivity (Wildman–Crippen MR) is 56.9 cm³/mol. The van der Waals surface area contributed by atoms with E-state index in [1.54, 1.807) is 0 Å². The second kappa shape index (κ2) is 9.81. The number of ether oxygens (including phenoxy) is 2. The standard InChI is InChI=1S/C9H21O4P/c1-3-5-7-12-9(14(10)11)13-8-6-4-2/h9-11H,3-8H2,1-2H3. The van der Waals surface area contributed by atoms with Gasteiger partial charge in [-0.05, 0) is 12.8 Å². The Balaban J connectivity index is 3.55. The van der Waals surface area contributed by atoms with E-state index in [1.807, 2.05) is 0 Å². The monoisotopic (exact) mass is 224 g/mol. The molecule has 0 radical (unpaired) electrons. The van der Waals surface area contributed by atoms with Gasteiger partial charge in [0, 0.05) is 0 Å². The minimum atomic E-state index is -2.14. The van der Waals surface area contributed by atoms with Gasteiger partial charge in [-0.3, -0.25) is 0 Å². The maximum atomic E-state index is 8.98. The first kappa shape index (κ1) is 14.3. The first-order valence-corrected chi connectivity index (χ1v) is 6.44. The molecule has 0 aromatic carbocycles. The summed E-state index contributed by atoms with van der Waals surface area (Å²) in [6.07, 6.45) is 3.88. The van der Waals surface area contributed by atoms with Gasteiger partial charge in [-0.1, -0.05) is 26.7 Å². The van der Waals surface area contributed by atoms with Crippen molar-refractivity contribution in [3.63, 3.8) is 0 Å². The summed E-state index contributed by atoms with van der Waals surface area (Å²) >= 11 is 0. The highest BCUT2D eigenvalue weighted by Gasteiger charge is 2.18. The third-order valence-electron chi connectivity index (χ3n) is 1.71. The quantitative estimate of drug-likeness (QED) is 0.358. The Bertz CT molecular complexity index is 111. The minimum Gasteiger partial charge on any atom is -0.346 e. The molecule has 0 saturated heterocycles. The molecule has 0 rings (SSSR count). The molecule has 0 amide bonds. The lowest BCUT2D eigenvalue weighted by molar-refractivity contribution is -0.0963. The zero-order chi connectivity index (χ0) is 10.8. The Kier molecular flexibility index (Phi) is 10.0. The van der Waals surface area contributed by atoms with Gasteiger partial charge in [0.1, 0.15) is 0 Å². The topological polar surface area (TPSA) is 58.9 Å². The first-order valence-electron chi connectivity index (χ1n) is 5.12. The van der Waals surface area contributed by atoms with E-state index < -0.39 is 14.4 Å². The molecule has 0 fully saturated rings. The molecule has 86 valence electrons. The fourth-order valence-corrected chi connectivity index (χ4v) is 1.32. The van der Waals surface area contributed by atoms with Crippen LogP contribution in [0.4, 0.5) is 0 Å². The van der Waals surface area contributed by atoms with E-state index in [4.69, 9.17) is 19.3 Å². The third kappa shape index (κ3) is 7.65. The van der Waals surface area contributed by atoms with Crippen molar-refractivity contribution in [2.24, 2.45) is 0 Å². The van der Waals surface area contributed by atoms with Crippen LogP contribution >= 0.6 is 8.38 Å². The highest BCUT2D eigenvalue weighted by atomic mass is 31.2. The van der Waals surface area contributed by atoms with Crippen LogP contribution in [-0.4, -0.2) is 29.0 Å². The Morgan fingerprint density at radius 2 is 1.43 bits per heavy atom. The van der Waals surface area contributed by atoms with Crippen molar-refractivity contribution >= 4 is 8.38 Å². The summed E-state index contributed by atoms with van der Waals surface area (Å²) in [5, 5.41) is 0. The lowest BCUT2D eigenvalue weighted by atomic mass is 10.4. The summed E-state index contributed by atoms with van der Waals surface area (Å²) in [6.45, 7) is 5.15. The Labute approximate surface area is 87.1 Å². The van der Waals surface area contributed by atoms with E-state index in [0.717, 1.165) is 25.7 Å². The van der Waals surface area contributed by atoms with Gasteiger partial charge in [-0.2, -0.15) is 0 Å². The molecular weight excluding hydrogens is 203 g/mol. The van der Waals surface area contributed by atoms with Crippen molar-refractivity contribution in [3.05, 3.63) is 0 Å². The van der Waals surface area contributed by atoms with Gasteiger partial charge in [0.05, 0.1) is 13.2 Å². The van der Waals surface area contributed by atoms with E-state index in [-0.39, 0.29) is 0 Å². The van der Waals surface area contributed by atoms with Gasteiger partial charge >= 0.3 is 0 Å². The fourth-order valence-electron chi connectivity index (χ4n) is 0.838. The number of rotatable bonds is 9. The van der Waals surface area contributed by atoms with E-state index in [9.17, 15) is 0 Å². The maximum Gasteiger partial charge on any atom is 0.228 e. The van der Waals surface area contributed by atoms with Crippen LogP contribution in [0.15, 0.2) is 0 Å². The molecule has 2 N–H and O–H groups in total. The van der Waals surface area contributed by atoms with Crippen LogP contribution in [0.3, 0.4) is 0 Å². The zero-order valence-corrected chi connectivity index (χ0v) is 9.87. The molecule has 0 bridgehead atoms. The Hall–Kier alpha value is 0.270. The van der Waals surface area contributed by atoms with Crippen molar-refractivity contribution < 1.29 is 19.3 Å². The molecule has 5 heteroatoms. The first-order chi connectivity index (χ1) is 6.72. The number of unbranched alkanes of at least 4 members (excludes halogenated alkanes) is 2. The second-order valence-corrected chi connectivity index (χ2v) is 4.14. The molecule has 0 aliphatic rings. The third-order valence-corrected chi connectivity index (χ3v) is 2.38. The molecule has 0 aromatic rings. The summed E-state index contributed by atoms with van der Waals surface area (Å²) in [5.41, 5.74) is 0. The molecule has 0 spiro atoms. The van der Waals surface area contributed by atoms with Crippen LogP contribution in [0, 0.1) is 0 Å². The highest BCUT2D eigenvalue weighted by Crippen LogP contribution is 2.32. The van der Waals surface area contributed by atoms with Crippen molar-refractivity contribution in [2.45, 2.75) is 45.6 Å². The van der Waals surface area contributed by atoms with Crippen LogP contribution in [0.1, 0.15) is 39.5 Å². The van der Waals surface area contributed by atoms with E-state index in [2.05, 4.69) is 13.8 Å². The summed E-state index contributed by atoms with van der Waals surface area (Å²) in [4.78, 5) is 18.0. The van der Waals surface area contributed by atoms with Gasteiger partial charge in [-0.25, -0.2) is 0 Å². The van der Waals surface area contributed by atoms with E-state index in [0.29, 0.717) is 13.2 Å².